The van der Waals surface area contributed by atoms with Crippen molar-refractivity contribution in [3.05, 3.63) is 63.2 Å². The summed E-state index contributed by atoms with van der Waals surface area (Å²) in [6, 6.07) is 9.24. The lowest BCUT2D eigenvalue weighted by Gasteiger charge is -2.26. The number of carbonyl (C=O) groups is 3. The lowest BCUT2D eigenvalue weighted by molar-refractivity contribution is -0.385. The SMILES string of the molecule is CCN(Cc1cccc2c1OCCO2)C(=O)CN1C(=O)c2cccc([N+](=O)[O-])c2C1=O. The number of benzene rings is 2. The molecule has 0 radical (unpaired) electrons. The van der Waals surface area contributed by atoms with Crippen LogP contribution in [0.3, 0.4) is 0 Å². The fourth-order valence-electron chi connectivity index (χ4n) is 3.69. The van der Waals surface area contributed by atoms with Gasteiger partial charge in [-0.2, -0.15) is 0 Å². The van der Waals surface area contributed by atoms with Crippen molar-refractivity contribution in [2.24, 2.45) is 0 Å². The number of amides is 3. The van der Waals surface area contributed by atoms with E-state index in [0.29, 0.717) is 31.3 Å². The summed E-state index contributed by atoms with van der Waals surface area (Å²) in [7, 11) is 0. The van der Waals surface area contributed by atoms with Gasteiger partial charge in [0.1, 0.15) is 25.3 Å². The van der Waals surface area contributed by atoms with Gasteiger partial charge >= 0.3 is 0 Å². The lowest BCUT2D eigenvalue weighted by Crippen LogP contribution is -2.42. The van der Waals surface area contributed by atoms with Crippen molar-refractivity contribution in [2.45, 2.75) is 13.5 Å². The van der Waals surface area contributed by atoms with Crippen LogP contribution in [0.15, 0.2) is 36.4 Å². The van der Waals surface area contributed by atoms with Crippen LogP contribution in [0, 0.1) is 10.1 Å². The van der Waals surface area contributed by atoms with E-state index in [2.05, 4.69) is 0 Å². The van der Waals surface area contributed by atoms with Gasteiger partial charge in [0, 0.05) is 24.7 Å². The van der Waals surface area contributed by atoms with Crippen LogP contribution in [0.1, 0.15) is 33.2 Å². The van der Waals surface area contributed by atoms with Gasteiger partial charge in [0.25, 0.3) is 17.5 Å². The van der Waals surface area contributed by atoms with Gasteiger partial charge in [0.2, 0.25) is 5.91 Å². The molecular formula is C21H19N3O7. The standard InChI is InChI=1S/C21H19N3O7/c1-2-22(11-13-5-3-8-16-19(13)31-10-9-30-16)17(25)12-23-20(26)14-6-4-7-15(24(28)29)18(14)21(23)27/h3-8H,2,9-12H2,1H3. The van der Waals surface area contributed by atoms with E-state index in [1.54, 1.807) is 19.1 Å². The zero-order valence-electron chi connectivity index (χ0n) is 16.7. The van der Waals surface area contributed by atoms with Crippen LogP contribution >= 0.6 is 0 Å². The highest BCUT2D eigenvalue weighted by atomic mass is 16.6. The van der Waals surface area contributed by atoms with Crippen molar-refractivity contribution in [1.82, 2.24) is 9.80 Å². The van der Waals surface area contributed by atoms with Crippen molar-refractivity contribution in [1.29, 1.82) is 0 Å². The molecule has 10 nitrogen and oxygen atoms in total. The average Bonchev–Trinajstić information content (AvgIpc) is 3.02. The number of rotatable bonds is 6. The third-order valence-corrected chi connectivity index (χ3v) is 5.21. The molecule has 0 saturated heterocycles. The van der Waals surface area contributed by atoms with Gasteiger partial charge in [0.15, 0.2) is 11.5 Å². The first kappa shape index (κ1) is 20.3. The maximum absolute atomic E-state index is 12.9. The van der Waals surface area contributed by atoms with Crippen LogP contribution in [0.4, 0.5) is 5.69 Å². The number of hydrogen-bond acceptors (Lipinski definition) is 7. The van der Waals surface area contributed by atoms with E-state index in [0.717, 1.165) is 16.5 Å². The zero-order chi connectivity index (χ0) is 22.1. The minimum absolute atomic E-state index is 0.0715. The molecule has 10 heteroatoms. The molecule has 0 aliphatic carbocycles. The molecule has 2 aromatic carbocycles. The van der Waals surface area contributed by atoms with E-state index >= 15 is 0 Å². The second kappa shape index (κ2) is 8.05. The molecule has 2 aliphatic rings. The molecule has 0 spiro atoms. The molecule has 0 bridgehead atoms. The summed E-state index contributed by atoms with van der Waals surface area (Å²) in [4.78, 5) is 51.1. The fourth-order valence-corrected chi connectivity index (χ4v) is 3.69. The van der Waals surface area contributed by atoms with Gasteiger partial charge in [-0.25, -0.2) is 0 Å². The zero-order valence-corrected chi connectivity index (χ0v) is 16.7. The van der Waals surface area contributed by atoms with Crippen molar-refractivity contribution in [3.63, 3.8) is 0 Å². The second-order valence-corrected chi connectivity index (χ2v) is 7.00. The average molecular weight is 425 g/mol. The summed E-state index contributed by atoms with van der Waals surface area (Å²) < 4.78 is 11.2. The summed E-state index contributed by atoms with van der Waals surface area (Å²) >= 11 is 0. The number of para-hydroxylation sites is 1. The van der Waals surface area contributed by atoms with Gasteiger partial charge in [-0.15, -0.1) is 0 Å². The van der Waals surface area contributed by atoms with E-state index in [1.165, 1.54) is 17.0 Å². The maximum atomic E-state index is 12.9. The van der Waals surface area contributed by atoms with Gasteiger partial charge in [-0.05, 0) is 19.1 Å². The van der Waals surface area contributed by atoms with Crippen LogP contribution < -0.4 is 9.47 Å². The van der Waals surface area contributed by atoms with Crippen molar-refractivity contribution in [2.75, 3.05) is 26.3 Å². The Morgan fingerprint density at radius 1 is 1.13 bits per heavy atom. The Hall–Kier alpha value is -3.95. The summed E-state index contributed by atoms with van der Waals surface area (Å²) in [5.74, 6) is -0.863. The van der Waals surface area contributed by atoms with Crippen LogP contribution in [0.5, 0.6) is 11.5 Å². The Kier molecular flexibility index (Phi) is 5.28. The molecule has 0 atom stereocenters. The van der Waals surface area contributed by atoms with E-state index in [4.69, 9.17) is 9.47 Å². The Morgan fingerprint density at radius 3 is 2.61 bits per heavy atom. The van der Waals surface area contributed by atoms with E-state index in [-0.39, 0.29) is 17.7 Å². The van der Waals surface area contributed by atoms with Crippen LogP contribution in [0.25, 0.3) is 0 Å². The molecule has 4 rings (SSSR count). The third-order valence-electron chi connectivity index (χ3n) is 5.21. The number of nitrogens with zero attached hydrogens (tertiary/aromatic N) is 3. The molecule has 0 aromatic heterocycles. The predicted molar refractivity (Wildman–Crippen MR) is 107 cm³/mol. The van der Waals surface area contributed by atoms with Crippen LogP contribution in [-0.4, -0.2) is 58.7 Å². The third kappa shape index (κ3) is 3.56. The summed E-state index contributed by atoms with van der Waals surface area (Å²) in [6.45, 7) is 2.64. The molecule has 3 amide bonds. The van der Waals surface area contributed by atoms with Gasteiger partial charge in [-0.3, -0.25) is 29.4 Å². The molecular weight excluding hydrogens is 406 g/mol. The molecule has 0 unspecified atom stereocenters. The lowest BCUT2D eigenvalue weighted by atomic mass is 10.1. The first-order chi connectivity index (χ1) is 14.9. The highest BCUT2D eigenvalue weighted by Gasteiger charge is 2.42. The van der Waals surface area contributed by atoms with Crippen molar-refractivity contribution >= 4 is 23.4 Å². The van der Waals surface area contributed by atoms with Gasteiger partial charge in [0.05, 0.1) is 10.5 Å². The van der Waals surface area contributed by atoms with Gasteiger partial charge < -0.3 is 14.4 Å². The quantitative estimate of drug-likeness (QED) is 0.394. The molecule has 2 aromatic rings. The van der Waals surface area contributed by atoms with Crippen molar-refractivity contribution in [3.8, 4) is 11.5 Å². The maximum Gasteiger partial charge on any atom is 0.282 e. The number of carbonyl (C=O) groups excluding carboxylic acids is 3. The number of nitro groups is 1. The topological polar surface area (TPSA) is 119 Å². The molecule has 0 saturated carbocycles. The van der Waals surface area contributed by atoms with Gasteiger partial charge in [-0.1, -0.05) is 18.2 Å². The number of imide groups is 1. The Labute approximate surface area is 177 Å². The number of fused-ring (bicyclic) bond motifs is 2. The minimum atomic E-state index is -0.842. The molecule has 31 heavy (non-hydrogen) atoms. The normalized spacial score (nSPS) is 14.4. The summed E-state index contributed by atoms with van der Waals surface area (Å²) in [6.07, 6.45) is 0. The molecule has 0 N–H and O–H groups in total. The predicted octanol–water partition coefficient (Wildman–Crippen LogP) is 2.01. The van der Waals surface area contributed by atoms with E-state index in [1.807, 2.05) is 6.07 Å². The molecule has 2 heterocycles. The monoisotopic (exact) mass is 425 g/mol. The van der Waals surface area contributed by atoms with Crippen LogP contribution in [-0.2, 0) is 11.3 Å². The van der Waals surface area contributed by atoms with E-state index < -0.39 is 34.9 Å². The number of likely N-dealkylation sites (N-methyl/N-ethyl adjacent to an activating group) is 1. The van der Waals surface area contributed by atoms with E-state index in [9.17, 15) is 24.5 Å². The molecule has 0 fully saturated rings. The number of ether oxygens (including phenoxy) is 2. The smallest absolute Gasteiger partial charge is 0.282 e. The summed E-state index contributed by atoms with van der Waals surface area (Å²) in [5.41, 5.74) is -0.0645. The van der Waals surface area contributed by atoms with Crippen molar-refractivity contribution < 1.29 is 28.8 Å². The molecule has 2 aliphatic heterocycles. The Balaban J connectivity index is 1.54. The largest absolute Gasteiger partial charge is 0.486 e. The van der Waals surface area contributed by atoms with Crippen LogP contribution in [0.2, 0.25) is 0 Å². The minimum Gasteiger partial charge on any atom is -0.486 e. The first-order valence-electron chi connectivity index (χ1n) is 9.71. The second-order valence-electron chi connectivity index (χ2n) is 7.00. The number of nitro benzene ring substituents is 1. The highest BCUT2D eigenvalue weighted by molar-refractivity contribution is 6.24. The number of hydrogen-bond donors (Lipinski definition) is 0. The first-order valence-corrected chi connectivity index (χ1v) is 9.71. The summed E-state index contributed by atoms with van der Waals surface area (Å²) in [5, 5.41) is 11.2. The highest BCUT2D eigenvalue weighted by Crippen LogP contribution is 2.34. The fraction of sp³-hybridized carbons (Fsp3) is 0.286. The Bertz CT molecular complexity index is 1100. The molecule has 160 valence electrons. The Morgan fingerprint density at radius 2 is 1.87 bits per heavy atom.